The van der Waals surface area contributed by atoms with E-state index in [1.165, 1.54) is 37.9 Å². The van der Waals surface area contributed by atoms with Crippen molar-refractivity contribution in [3.8, 4) is 22.6 Å². The van der Waals surface area contributed by atoms with Crippen LogP contribution in [0, 0.1) is 5.41 Å². The number of nitrogens with zero attached hydrogens (tertiary/aromatic N) is 5. The molecule has 0 unspecified atom stereocenters. The summed E-state index contributed by atoms with van der Waals surface area (Å²) in [6, 6.07) is 18.4. The number of likely N-dealkylation sites (tertiary alicyclic amines) is 1. The van der Waals surface area contributed by atoms with Crippen molar-refractivity contribution in [2.24, 2.45) is 12.5 Å². The van der Waals surface area contributed by atoms with Crippen LogP contribution in [0.15, 0.2) is 65.7 Å². The summed E-state index contributed by atoms with van der Waals surface area (Å²) in [4.78, 5) is 14.9. The van der Waals surface area contributed by atoms with Gasteiger partial charge in [0.2, 0.25) is 0 Å². The van der Waals surface area contributed by atoms with Crippen LogP contribution in [0.25, 0.3) is 33.7 Å². The number of fused-ring (bicyclic) bond motifs is 1. The predicted octanol–water partition coefficient (Wildman–Crippen LogP) is 5.02. The molecule has 2 aromatic carbocycles. The molecule has 0 bridgehead atoms. The SMILES string of the molecule is CC(C)N1CC2(CCN(c3ccc(-c4cc5c(cn4)nc(-c4ccc(S(C)(=O)=O)cc4)n5C)cc3)CC2)C1. The highest BCUT2D eigenvalue weighted by Crippen LogP contribution is 2.42. The van der Waals surface area contributed by atoms with Gasteiger partial charge in [-0.1, -0.05) is 12.1 Å². The molecule has 0 aliphatic carbocycles. The van der Waals surface area contributed by atoms with Crippen molar-refractivity contribution >= 4 is 26.6 Å². The van der Waals surface area contributed by atoms with Crippen LogP contribution in [0.2, 0.25) is 0 Å². The number of pyridine rings is 1. The first-order chi connectivity index (χ1) is 18.1. The Kier molecular flexibility index (Phi) is 6.07. The lowest BCUT2D eigenvalue weighted by Crippen LogP contribution is -2.62. The predicted molar refractivity (Wildman–Crippen MR) is 153 cm³/mol. The van der Waals surface area contributed by atoms with Crippen molar-refractivity contribution < 1.29 is 8.42 Å². The quantitative estimate of drug-likeness (QED) is 0.362. The smallest absolute Gasteiger partial charge is 0.175 e. The van der Waals surface area contributed by atoms with Crippen molar-refractivity contribution in [2.45, 2.75) is 37.6 Å². The van der Waals surface area contributed by atoms with Crippen LogP contribution in [0.1, 0.15) is 26.7 Å². The number of anilines is 1. The van der Waals surface area contributed by atoms with E-state index in [-0.39, 0.29) is 0 Å². The Morgan fingerprint density at radius 3 is 2.16 bits per heavy atom. The minimum Gasteiger partial charge on any atom is -0.371 e. The topological polar surface area (TPSA) is 71.3 Å². The maximum absolute atomic E-state index is 11.8. The average Bonchev–Trinajstić information content (AvgIpc) is 3.22. The third kappa shape index (κ3) is 4.50. The van der Waals surface area contributed by atoms with Gasteiger partial charge < -0.3 is 9.47 Å². The normalized spacial score (nSPS) is 17.9. The highest BCUT2D eigenvalue weighted by molar-refractivity contribution is 7.90. The molecule has 198 valence electrons. The fraction of sp³-hybridized carbons (Fsp3) is 0.400. The van der Waals surface area contributed by atoms with E-state index in [4.69, 9.17) is 9.97 Å². The highest BCUT2D eigenvalue weighted by atomic mass is 32.2. The van der Waals surface area contributed by atoms with Crippen LogP contribution in [0.5, 0.6) is 0 Å². The Hall–Kier alpha value is -3.23. The van der Waals surface area contributed by atoms with E-state index in [1.54, 1.807) is 24.3 Å². The van der Waals surface area contributed by atoms with Gasteiger partial charge in [0.15, 0.2) is 9.84 Å². The molecule has 2 aliphatic rings. The minimum atomic E-state index is -3.23. The lowest BCUT2D eigenvalue weighted by molar-refractivity contribution is -0.0380. The summed E-state index contributed by atoms with van der Waals surface area (Å²) in [7, 11) is -1.25. The van der Waals surface area contributed by atoms with Crippen LogP contribution in [-0.4, -0.2) is 66.3 Å². The van der Waals surface area contributed by atoms with Gasteiger partial charge >= 0.3 is 0 Å². The van der Waals surface area contributed by atoms with Crippen molar-refractivity contribution in [3.05, 3.63) is 60.8 Å². The highest BCUT2D eigenvalue weighted by Gasteiger charge is 2.45. The molecule has 2 aliphatic heterocycles. The van der Waals surface area contributed by atoms with Crippen molar-refractivity contribution in [3.63, 3.8) is 0 Å². The summed E-state index contributed by atoms with van der Waals surface area (Å²) in [6.45, 7) is 9.35. The van der Waals surface area contributed by atoms with Gasteiger partial charge in [0.25, 0.3) is 0 Å². The molecule has 4 aromatic rings. The Balaban J connectivity index is 1.18. The Bertz CT molecular complexity index is 1570. The monoisotopic (exact) mass is 529 g/mol. The molecule has 2 saturated heterocycles. The molecule has 7 nitrogen and oxygen atoms in total. The summed E-state index contributed by atoms with van der Waals surface area (Å²) in [5, 5.41) is 0. The third-order valence-corrected chi connectivity index (χ3v) is 9.60. The van der Waals surface area contributed by atoms with Gasteiger partial charge in [0, 0.05) is 62.3 Å². The summed E-state index contributed by atoms with van der Waals surface area (Å²) in [5.74, 6) is 0.778. The van der Waals surface area contributed by atoms with E-state index in [0.717, 1.165) is 46.8 Å². The number of rotatable bonds is 5. The molecule has 0 radical (unpaired) electrons. The molecule has 4 heterocycles. The summed E-state index contributed by atoms with van der Waals surface area (Å²) >= 11 is 0. The van der Waals surface area contributed by atoms with Crippen LogP contribution in [0.3, 0.4) is 0 Å². The molecule has 8 heteroatoms. The van der Waals surface area contributed by atoms with E-state index >= 15 is 0 Å². The number of aromatic nitrogens is 3. The zero-order valence-corrected chi connectivity index (χ0v) is 23.4. The Morgan fingerprint density at radius 2 is 1.55 bits per heavy atom. The second kappa shape index (κ2) is 9.20. The standard InChI is InChI=1S/C30H35N5O2S/c1-21(2)35-19-30(20-35)13-15-34(16-14-30)24-9-5-22(6-10-24)26-17-28-27(18-31-26)32-29(33(28)3)23-7-11-25(12-8-23)38(4,36)37/h5-12,17-18,21H,13-16,19-20H2,1-4H3. The molecule has 0 N–H and O–H groups in total. The zero-order chi connectivity index (χ0) is 26.7. The number of imidazole rings is 1. The van der Waals surface area contributed by atoms with Gasteiger partial charge in [-0.2, -0.15) is 0 Å². The van der Waals surface area contributed by atoms with Crippen molar-refractivity contribution in [1.82, 2.24) is 19.4 Å². The van der Waals surface area contributed by atoms with E-state index in [2.05, 4.69) is 54.0 Å². The van der Waals surface area contributed by atoms with Crippen LogP contribution in [-0.2, 0) is 16.9 Å². The number of hydrogen-bond donors (Lipinski definition) is 0. The lowest BCUT2D eigenvalue weighted by Gasteiger charge is -2.56. The first kappa shape index (κ1) is 25.1. The fourth-order valence-corrected chi connectivity index (χ4v) is 6.57. The van der Waals surface area contributed by atoms with Crippen LogP contribution in [0.4, 0.5) is 5.69 Å². The first-order valence-corrected chi connectivity index (χ1v) is 15.2. The third-order valence-electron chi connectivity index (χ3n) is 8.47. The molecule has 38 heavy (non-hydrogen) atoms. The number of piperidine rings is 1. The molecule has 0 amide bonds. The lowest BCUT2D eigenvalue weighted by atomic mass is 9.71. The number of hydrogen-bond acceptors (Lipinski definition) is 6. The molecule has 1 spiro atoms. The fourth-order valence-electron chi connectivity index (χ4n) is 5.94. The van der Waals surface area contributed by atoms with Crippen molar-refractivity contribution in [2.75, 3.05) is 37.3 Å². The van der Waals surface area contributed by atoms with E-state index in [0.29, 0.717) is 16.4 Å². The maximum Gasteiger partial charge on any atom is 0.175 e. The van der Waals surface area contributed by atoms with E-state index < -0.39 is 9.84 Å². The molecule has 2 fully saturated rings. The summed E-state index contributed by atoms with van der Waals surface area (Å²) in [6.07, 6.45) is 5.58. The van der Waals surface area contributed by atoms with Gasteiger partial charge in [-0.25, -0.2) is 13.4 Å². The van der Waals surface area contributed by atoms with Gasteiger partial charge in [-0.3, -0.25) is 9.88 Å². The van der Waals surface area contributed by atoms with Crippen molar-refractivity contribution in [1.29, 1.82) is 0 Å². The zero-order valence-electron chi connectivity index (χ0n) is 22.6. The van der Waals surface area contributed by atoms with Gasteiger partial charge in [-0.15, -0.1) is 0 Å². The molecule has 0 saturated carbocycles. The minimum absolute atomic E-state index is 0.303. The molecule has 6 rings (SSSR count). The average molecular weight is 530 g/mol. The van der Waals surface area contributed by atoms with E-state index in [1.807, 2.05) is 17.8 Å². The van der Waals surface area contributed by atoms with Crippen LogP contribution >= 0.6 is 0 Å². The molecular weight excluding hydrogens is 494 g/mol. The van der Waals surface area contributed by atoms with E-state index in [9.17, 15) is 8.42 Å². The number of benzene rings is 2. The molecule has 2 aromatic heterocycles. The Labute approximate surface area is 225 Å². The van der Waals surface area contributed by atoms with Gasteiger partial charge in [-0.05, 0) is 74.6 Å². The second-order valence-electron chi connectivity index (χ2n) is 11.4. The number of aryl methyl sites for hydroxylation is 1. The molecule has 0 atom stereocenters. The van der Waals surface area contributed by atoms with Gasteiger partial charge in [0.05, 0.1) is 22.3 Å². The second-order valence-corrected chi connectivity index (χ2v) is 13.4. The van der Waals surface area contributed by atoms with Gasteiger partial charge in [0.1, 0.15) is 11.3 Å². The largest absolute Gasteiger partial charge is 0.371 e. The summed E-state index contributed by atoms with van der Waals surface area (Å²) in [5.41, 5.74) is 6.47. The maximum atomic E-state index is 11.8. The molecular formula is C30H35N5O2S. The first-order valence-electron chi connectivity index (χ1n) is 13.3. The Morgan fingerprint density at radius 1 is 0.921 bits per heavy atom. The van der Waals surface area contributed by atoms with Crippen LogP contribution < -0.4 is 4.90 Å². The number of sulfone groups is 1. The summed E-state index contributed by atoms with van der Waals surface area (Å²) < 4.78 is 25.7.